The number of nitriles is 1. The third-order valence-corrected chi connectivity index (χ3v) is 3.43. The molecular weight excluding hydrogens is 236 g/mol. The van der Waals surface area contributed by atoms with E-state index in [0.29, 0.717) is 5.82 Å². The summed E-state index contributed by atoms with van der Waals surface area (Å²) in [5.74, 6) is 0.423. The summed E-state index contributed by atoms with van der Waals surface area (Å²) < 4.78 is 1.83. The predicted molar refractivity (Wildman–Crippen MR) is 72.9 cm³/mol. The maximum absolute atomic E-state index is 9.02. The molecule has 1 aromatic carbocycles. The van der Waals surface area contributed by atoms with E-state index in [1.165, 1.54) is 18.4 Å². The number of aromatic nitrogens is 2. The van der Waals surface area contributed by atoms with Crippen LogP contribution in [0.1, 0.15) is 29.8 Å². The quantitative estimate of drug-likeness (QED) is 0.908. The summed E-state index contributed by atoms with van der Waals surface area (Å²) in [5, 5.41) is 12.5. The van der Waals surface area contributed by atoms with Gasteiger partial charge in [0.15, 0.2) is 0 Å². The van der Waals surface area contributed by atoms with Crippen molar-refractivity contribution in [3.8, 4) is 11.8 Å². The third-order valence-electron chi connectivity index (χ3n) is 3.43. The van der Waals surface area contributed by atoms with Crippen molar-refractivity contribution in [1.29, 1.82) is 5.26 Å². The molecule has 4 nitrogen and oxygen atoms in total. The van der Waals surface area contributed by atoms with E-state index >= 15 is 0 Å². The van der Waals surface area contributed by atoms with Crippen molar-refractivity contribution >= 4 is 0 Å². The number of nitrogens with zero attached hydrogens (tertiary/aromatic N) is 3. The van der Waals surface area contributed by atoms with Gasteiger partial charge in [0.2, 0.25) is 5.82 Å². The second-order valence-corrected chi connectivity index (χ2v) is 5.01. The highest BCUT2D eigenvalue weighted by molar-refractivity contribution is 5.45. The van der Waals surface area contributed by atoms with E-state index in [0.717, 1.165) is 23.8 Å². The lowest BCUT2D eigenvalue weighted by molar-refractivity contribution is 0.687. The molecule has 1 aliphatic rings. The van der Waals surface area contributed by atoms with Gasteiger partial charge in [-0.1, -0.05) is 12.1 Å². The van der Waals surface area contributed by atoms with Gasteiger partial charge >= 0.3 is 0 Å². The Labute approximate surface area is 112 Å². The molecule has 1 heterocycles. The molecule has 3 rings (SSSR count). The minimum atomic E-state index is 0.423. The molecule has 4 heteroatoms. The molecule has 96 valence electrons. The van der Waals surface area contributed by atoms with Gasteiger partial charge < -0.3 is 5.32 Å². The van der Waals surface area contributed by atoms with Crippen LogP contribution < -0.4 is 5.32 Å². The molecule has 0 radical (unpaired) electrons. The smallest absolute Gasteiger partial charge is 0.217 e. The summed E-state index contributed by atoms with van der Waals surface area (Å²) in [6.45, 7) is 2.98. The van der Waals surface area contributed by atoms with Crippen molar-refractivity contribution in [3.63, 3.8) is 0 Å². The van der Waals surface area contributed by atoms with Crippen molar-refractivity contribution in [3.05, 3.63) is 47.5 Å². The van der Waals surface area contributed by atoms with Crippen LogP contribution in [0.5, 0.6) is 0 Å². The average Bonchev–Trinajstić information content (AvgIpc) is 3.13. The van der Waals surface area contributed by atoms with Gasteiger partial charge in [-0.25, -0.2) is 4.98 Å². The maximum Gasteiger partial charge on any atom is 0.217 e. The maximum atomic E-state index is 9.02. The Bertz CT molecular complexity index is 632. The summed E-state index contributed by atoms with van der Waals surface area (Å²) >= 11 is 0. The second kappa shape index (κ2) is 4.87. The molecule has 1 fully saturated rings. The summed E-state index contributed by atoms with van der Waals surface area (Å²) in [6, 6.07) is 9.16. The lowest BCUT2D eigenvalue weighted by Crippen LogP contribution is -2.15. The van der Waals surface area contributed by atoms with E-state index in [-0.39, 0.29) is 0 Å². The first kappa shape index (κ1) is 11.9. The average molecular weight is 252 g/mol. The van der Waals surface area contributed by atoms with Crippen LogP contribution in [0.4, 0.5) is 0 Å². The highest BCUT2D eigenvalue weighted by atomic mass is 15.1. The Hall–Kier alpha value is -2.12. The molecular formula is C15H16N4. The fourth-order valence-electron chi connectivity index (χ4n) is 2.23. The first-order valence-electron chi connectivity index (χ1n) is 6.54. The summed E-state index contributed by atoms with van der Waals surface area (Å²) in [7, 11) is 0. The van der Waals surface area contributed by atoms with Gasteiger partial charge in [-0.15, -0.1) is 0 Å². The zero-order valence-electron chi connectivity index (χ0n) is 10.9. The Kier molecular flexibility index (Phi) is 3.06. The molecule has 2 aromatic rings. The second-order valence-electron chi connectivity index (χ2n) is 5.01. The number of aryl methyl sites for hydroxylation is 1. The highest BCUT2D eigenvalue weighted by Crippen LogP contribution is 2.21. The molecule has 0 saturated heterocycles. The Morgan fingerprint density at radius 3 is 3.00 bits per heavy atom. The van der Waals surface area contributed by atoms with Crippen molar-refractivity contribution < 1.29 is 0 Å². The van der Waals surface area contributed by atoms with Gasteiger partial charge in [0, 0.05) is 25.0 Å². The Morgan fingerprint density at radius 2 is 2.32 bits per heavy atom. The predicted octanol–water partition coefficient (Wildman–Crippen LogP) is 2.30. The van der Waals surface area contributed by atoms with Gasteiger partial charge in [0.25, 0.3) is 0 Å². The van der Waals surface area contributed by atoms with Crippen LogP contribution in [0.25, 0.3) is 5.69 Å². The van der Waals surface area contributed by atoms with Crippen molar-refractivity contribution in [1.82, 2.24) is 14.9 Å². The lowest BCUT2D eigenvalue weighted by atomic mass is 10.1. The molecule has 1 aromatic heterocycles. The van der Waals surface area contributed by atoms with Gasteiger partial charge in [0.05, 0.1) is 5.69 Å². The van der Waals surface area contributed by atoms with Crippen LogP contribution in [0, 0.1) is 18.3 Å². The summed E-state index contributed by atoms with van der Waals surface area (Å²) in [6.07, 6.45) is 6.08. The standard InChI is InChI=1S/C15H16N4/c1-11-8-12(10-18-13-3-4-13)2-5-14(11)19-7-6-17-15(19)9-16/h2,5-8,13,18H,3-4,10H2,1H3. The van der Waals surface area contributed by atoms with Gasteiger partial charge in [-0.3, -0.25) is 4.57 Å². The minimum Gasteiger partial charge on any atom is -0.310 e. The van der Waals surface area contributed by atoms with E-state index < -0.39 is 0 Å². The Morgan fingerprint density at radius 1 is 1.47 bits per heavy atom. The molecule has 0 bridgehead atoms. The molecule has 0 aliphatic heterocycles. The molecule has 19 heavy (non-hydrogen) atoms. The zero-order valence-corrected chi connectivity index (χ0v) is 10.9. The third kappa shape index (κ3) is 2.51. The lowest BCUT2D eigenvalue weighted by Gasteiger charge is -2.10. The number of nitrogens with one attached hydrogen (secondary N) is 1. The van der Waals surface area contributed by atoms with E-state index in [4.69, 9.17) is 5.26 Å². The zero-order chi connectivity index (χ0) is 13.2. The summed E-state index contributed by atoms with van der Waals surface area (Å²) in [5.41, 5.74) is 3.46. The first-order chi connectivity index (χ1) is 9.28. The number of rotatable bonds is 4. The molecule has 0 spiro atoms. The Balaban J connectivity index is 1.84. The molecule has 0 atom stereocenters. The van der Waals surface area contributed by atoms with Gasteiger partial charge in [0.1, 0.15) is 6.07 Å². The van der Waals surface area contributed by atoms with E-state index in [9.17, 15) is 0 Å². The molecule has 1 N–H and O–H groups in total. The van der Waals surface area contributed by atoms with Crippen LogP contribution in [-0.4, -0.2) is 15.6 Å². The van der Waals surface area contributed by atoms with Crippen molar-refractivity contribution in [2.45, 2.75) is 32.4 Å². The van der Waals surface area contributed by atoms with E-state index in [1.54, 1.807) is 6.20 Å². The van der Waals surface area contributed by atoms with Gasteiger partial charge in [-0.2, -0.15) is 5.26 Å². The minimum absolute atomic E-state index is 0.423. The van der Waals surface area contributed by atoms with Crippen LogP contribution >= 0.6 is 0 Å². The molecule has 0 unspecified atom stereocenters. The monoisotopic (exact) mass is 252 g/mol. The number of benzene rings is 1. The fraction of sp³-hybridized carbons (Fsp3) is 0.333. The normalized spacial score (nSPS) is 14.3. The molecule has 1 saturated carbocycles. The molecule has 1 aliphatic carbocycles. The first-order valence-corrected chi connectivity index (χ1v) is 6.54. The van der Waals surface area contributed by atoms with Crippen LogP contribution in [0.15, 0.2) is 30.6 Å². The largest absolute Gasteiger partial charge is 0.310 e. The van der Waals surface area contributed by atoms with Crippen molar-refractivity contribution in [2.75, 3.05) is 0 Å². The highest BCUT2D eigenvalue weighted by Gasteiger charge is 2.20. The van der Waals surface area contributed by atoms with Gasteiger partial charge in [-0.05, 0) is 37.0 Å². The van der Waals surface area contributed by atoms with Crippen molar-refractivity contribution in [2.24, 2.45) is 0 Å². The number of imidazole rings is 1. The fourth-order valence-corrected chi connectivity index (χ4v) is 2.23. The van der Waals surface area contributed by atoms with Crippen LogP contribution in [0.3, 0.4) is 0 Å². The topological polar surface area (TPSA) is 53.6 Å². The number of hydrogen-bond acceptors (Lipinski definition) is 3. The van der Waals surface area contributed by atoms with Crippen LogP contribution in [0.2, 0.25) is 0 Å². The van der Waals surface area contributed by atoms with Crippen LogP contribution in [-0.2, 0) is 6.54 Å². The van der Waals surface area contributed by atoms with E-state index in [1.807, 2.05) is 10.8 Å². The SMILES string of the molecule is Cc1cc(CNC2CC2)ccc1-n1ccnc1C#N. The van der Waals surface area contributed by atoms with E-state index in [2.05, 4.69) is 41.5 Å². The number of hydrogen-bond donors (Lipinski definition) is 1. The summed E-state index contributed by atoms with van der Waals surface area (Å²) in [4.78, 5) is 4.03. The molecule has 0 amide bonds.